The minimum absolute atomic E-state index is 0.0210. The highest BCUT2D eigenvalue weighted by molar-refractivity contribution is 9.10. The lowest BCUT2D eigenvalue weighted by Gasteiger charge is -2.12. The Morgan fingerprint density at radius 3 is 2.74 bits per heavy atom. The zero-order valence-electron chi connectivity index (χ0n) is 10.2. The van der Waals surface area contributed by atoms with Gasteiger partial charge in [0.15, 0.2) is 0 Å². The zero-order valence-corrected chi connectivity index (χ0v) is 11.8. The summed E-state index contributed by atoms with van der Waals surface area (Å²) in [7, 11) is 0. The first-order valence-corrected chi connectivity index (χ1v) is 6.89. The second-order valence-corrected chi connectivity index (χ2v) is 5.43. The van der Waals surface area contributed by atoms with E-state index in [1.165, 1.54) is 0 Å². The molecule has 3 rings (SSSR count). The van der Waals surface area contributed by atoms with Crippen molar-refractivity contribution in [2.75, 3.05) is 0 Å². The van der Waals surface area contributed by atoms with Gasteiger partial charge in [0.25, 0.3) is 0 Å². The highest BCUT2D eigenvalue weighted by atomic mass is 79.9. The molecule has 0 amide bonds. The van der Waals surface area contributed by atoms with Crippen molar-refractivity contribution in [3.05, 3.63) is 64.1 Å². The van der Waals surface area contributed by atoms with E-state index in [-0.39, 0.29) is 6.04 Å². The monoisotopic (exact) mass is 316 g/mol. The van der Waals surface area contributed by atoms with Crippen LogP contribution in [0.1, 0.15) is 23.6 Å². The van der Waals surface area contributed by atoms with Crippen LogP contribution in [0.4, 0.5) is 0 Å². The lowest BCUT2D eigenvalue weighted by molar-refractivity contribution is 0.455. The number of halogens is 1. The molecule has 0 saturated heterocycles. The van der Waals surface area contributed by atoms with Gasteiger partial charge < -0.3 is 10.5 Å². The summed E-state index contributed by atoms with van der Waals surface area (Å²) in [6, 6.07) is 15.6. The molecule has 19 heavy (non-hydrogen) atoms. The van der Waals surface area contributed by atoms with Crippen molar-refractivity contribution in [1.29, 1.82) is 0 Å². The normalized spacial score (nSPS) is 17.9. The third kappa shape index (κ3) is 2.49. The van der Waals surface area contributed by atoms with Crippen LogP contribution in [0.15, 0.2) is 58.1 Å². The van der Waals surface area contributed by atoms with Gasteiger partial charge in [0.1, 0.15) is 5.75 Å². The van der Waals surface area contributed by atoms with Crippen molar-refractivity contribution < 1.29 is 5.11 Å². The average molecular weight is 317 g/mol. The molecule has 3 nitrogen and oxygen atoms in total. The van der Waals surface area contributed by atoms with Gasteiger partial charge in [-0.15, -0.1) is 0 Å². The number of benzene rings is 2. The maximum atomic E-state index is 9.94. The van der Waals surface area contributed by atoms with Crippen LogP contribution in [0.25, 0.3) is 0 Å². The molecule has 2 aromatic rings. The maximum Gasteiger partial charge on any atom is 0.120 e. The van der Waals surface area contributed by atoms with Gasteiger partial charge >= 0.3 is 0 Å². The highest BCUT2D eigenvalue weighted by Gasteiger charge is 2.23. The van der Waals surface area contributed by atoms with Gasteiger partial charge in [0.2, 0.25) is 0 Å². The third-order valence-electron chi connectivity index (χ3n) is 3.22. The first kappa shape index (κ1) is 12.2. The van der Waals surface area contributed by atoms with E-state index < -0.39 is 0 Å². The molecule has 2 N–H and O–H groups in total. The van der Waals surface area contributed by atoms with E-state index in [2.05, 4.69) is 26.5 Å². The number of nitrogens with one attached hydrogen (secondary N) is 1. The molecule has 0 saturated carbocycles. The number of aromatic hydroxyl groups is 1. The fraction of sp³-hybridized carbons (Fsp3) is 0.133. The summed E-state index contributed by atoms with van der Waals surface area (Å²) in [5, 5.41) is 14.3. The van der Waals surface area contributed by atoms with E-state index in [1.54, 1.807) is 6.07 Å². The molecule has 0 bridgehead atoms. The molecule has 1 heterocycles. The summed E-state index contributed by atoms with van der Waals surface area (Å²) < 4.78 is 0.954. The van der Waals surface area contributed by atoms with E-state index in [4.69, 9.17) is 0 Å². The van der Waals surface area contributed by atoms with Gasteiger partial charge in [-0.3, -0.25) is 0 Å². The number of hydrogen-bond donors (Lipinski definition) is 2. The number of hydrazone groups is 1. The van der Waals surface area contributed by atoms with Crippen LogP contribution in [0, 0.1) is 0 Å². The van der Waals surface area contributed by atoms with Crippen molar-refractivity contribution in [1.82, 2.24) is 5.43 Å². The standard InChI is InChI=1S/C15H13BrN2O/c16-11-6-7-15(19)12(8-11)14-9-13(17-18-14)10-4-2-1-3-5-10/h1-8,14,18-19H,9H2/t14-/m1/s1. The quantitative estimate of drug-likeness (QED) is 0.889. The van der Waals surface area contributed by atoms with Gasteiger partial charge in [0.05, 0.1) is 11.8 Å². The van der Waals surface area contributed by atoms with Crippen LogP contribution in [0.2, 0.25) is 0 Å². The van der Waals surface area contributed by atoms with Gasteiger partial charge in [-0.25, -0.2) is 0 Å². The average Bonchev–Trinajstić information content (AvgIpc) is 2.92. The molecule has 0 radical (unpaired) electrons. The Kier molecular flexibility index (Phi) is 3.25. The molecular formula is C15H13BrN2O. The smallest absolute Gasteiger partial charge is 0.120 e. The topological polar surface area (TPSA) is 44.6 Å². The largest absolute Gasteiger partial charge is 0.508 e. The van der Waals surface area contributed by atoms with E-state index in [1.807, 2.05) is 42.5 Å². The molecule has 4 heteroatoms. The molecule has 0 spiro atoms. The van der Waals surface area contributed by atoms with Gasteiger partial charge in [-0.05, 0) is 23.8 Å². The summed E-state index contributed by atoms with van der Waals surface area (Å²) in [6.07, 6.45) is 0.772. The third-order valence-corrected chi connectivity index (χ3v) is 3.72. The van der Waals surface area contributed by atoms with E-state index >= 15 is 0 Å². The van der Waals surface area contributed by atoms with Crippen LogP contribution in [-0.4, -0.2) is 10.8 Å². The molecule has 0 unspecified atom stereocenters. The van der Waals surface area contributed by atoms with Crippen LogP contribution in [0.3, 0.4) is 0 Å². The van der Waals surface area contributed by atoms with Crippen molar-refractivity contribution in [3.63, 3.8) is 0 Å². The summed E-state index contributed by atoms with van der Waals surface area (Å²) >= 11 is 3.43. The Morgan fingerprint density at radius 2 is 1.95 bits per heavy atom. The Morgan fingerprint density at radius 1 is 1.16 bits per heavy atom. The molecule has 96 valence electrons. The molecule has 0 fully saturated rings. The predicted molar refractivity (Wildman–Crippen MR) is 79.3 cm³/mol. The Labute approximate surface area is 120 Å². The van der Waals surface area contributed by atoms with Gasteiger partial charge in [-0.1, -0.05) is 46.3 Å². The van der Waals surface area contributed by atoms with Crippen molar-refractivity contribution >= 4 is 21.6 Å². The van der Waals surface area contributed by atoms with E-state index in [0.717, 1.165) is 27.7 Å². The summed E-state index contributed by atoms with van der Waals surface area (Å²) in [5.41, 5.74) is 6.10. The maximum absolute atomic E-state index is 9.94. The zero-order chi connectivity index (χ0) is 13.2. The van der Waals surface area contributed by atoms with Gasteiger partial charge in [-0.2, -0.15) is 5.10 Å². The fourth-order valence-electron chi connectivity index (χ4n) is 2.24. The fourth-order valence-corrected chi connectivity index (χ4v) is 2.62. The van der Waals surface area contributed by atoms with Crippen LogP contribution < -0.4 is 5.43 Å². The molecule has 1 aliphatic heterocycles. The molecular weight excluding hydrogens is 304 g/mol. The summed E-state index contributed by atoms with van der Waals surface area (Å²) in [6.45, 7) is 0. The first-order chi connectivity index (χ1) is 9.24. The molecule has 1 aliphatic rings. The SMILES string of the molecule is Oc1ccc(Br)cc1[C@H]1CC(c2ccccc2)=NN1. The number of rotatable bonds is 2. The van der Waals surface area contributed by atoms with E-state index in [9.17, 15) is 5.11 Å². The number of hydrogen-bond acceptors (Lipinski definition) is 3. The summed E-state index contributed by atoms with van der Waals surface area (Å²) in [4.78, 5) is 0. The molecule has 2 aromatic carbocycles. The van der Waals surface area contributed by atoms with Crippen LogP contribution >= 0.6 is 15.9 Å². The molecule has 0 aromatic heterocycles. The number of phenols is 1. The van der Waals surface area contributed by atoms with Crippen LogP contribution in [0.5, 0.6) is 5.75 Å². The molecule has 1 atom stereocenters. The van der Waals surface area contributed by atoms with Crippen molar-refractivity contribution in [3.8, 4) is 5.75 Å². The Balaban J connectivity index is 1.83. The van der Waals surface area contributed by atoms with Crippen molar-refractivity contribution in [2.45, 2.75) is 12.5 Å². The lowest BCUT2D eigenvalue weighted by Crippen LogP contribution is -2.10. The number of nitrogens with zero attached hydrogens (tertiary/aromatic N) is 1. The molecule has 0 aliphatic carbocycles. The van der Waals surface area contributed by atoms with Crippen molar-refractivity contribution in [2.24, 2.45) is 5.10 Å². The second kappa shape index (κ2) is 5.05. The summed E-state index contributed by atoms with van der Waals surface area (Å²) in [5.74, 6) is 0.296. The highest BCUT2D eigenvalue weighted by Crippen LogP contribution is 2.32. The lowest BCUT2D eigenvalue weighted by atomic mass is 9.98. The second-order valence-electron chi connectivity index (χ2n) is 4.51. The van der Waals surface area contributed by atoms with Gasteiger partial charge in [0, 0.05) is 16.5 Å². The Hall–Kier alpha value is -1.81. The Bertz CT molecular complexity index is 625. The minimum Gasteiger partial charge on any atom is -0.508 e. The number of phenolic OH excluding ortho intramolecular Hbond substituents is 1. The van der Waals surface area contributed by atoms with E-state index in [0.29, 0.717) is 5.75 Å². The predicted octanol–water partition coefficient (Wildman–Crippen LogP) is 3.59. The minimum atomic E-state index is 0.0210. The van der Waals surface area contributed by atoms with Crippen LogP contribution in [-0.2, 0) is 0 Å². The first-order valence-electron chi connectivity index (χ1n) is 6.10.